The molecule has 0 spiro atoms. The average Bonchev–Trinajstić information content (AvgIpc) is 2.66. The molecule has 1 heterocycles. The summed E-state index contributed by atoms with van der Waals surface area (Å²) in [6, 6.07) is 23.8. The van der Waals surface area contributed by atoms with Gasteiger partial charge in [-0.15, -0.1) is 0 Å². The van der Waals surface area contributed by atoms with Gasteiger partial charge in [0.15, 0.2) is 5.60 Å². The van der Waals surface area contributed by atoms with E-state index in [-0.39, 0.29) is 0 Å². The van der Waals surface area contributed by atoms with Crippen molar-refractivity contribution in [3.05, 3.63) is 103 Å². The molecule has 0 atom stereocenters. The van der Waals surface area contributed by atoms with Gasteiger partial charge in [0, 0.05) is 30.3 Å². The molecular formula is C21H12Cl2I2O. The molecule has 0 bridgehead atoms. The zero-order valence-corrected chi connectivity index (χ0v) is 19.2. The molecule has 0 fully saturated rings. The van der Waals surface area contributed by atoms with Crippen molar-refractivity contribution in [1.82, 2.24) is 0 Å². The summed E-state index contributed by atoms with van der Waals surface area (Å²) in [5, 5.41) is 1.40. The minimum atomic E-state index is -0.736. The zero-order valence-electron chi connectivity index (χ0n) is 13.3. The maximum Gasteiger partial charge on any atom is 0.191 e. The second-order valence-corrected chi connectivity index (χ2v) is 8.95. The molecule has 0 saturated carbocycles. The van der Waals surface area contributed by atoms with Gasteiger partial charge in [0.2, 0.25) is 0 Å². The predicted octanol–water partition coefficient (Wildman–Crippen LogP) is 7.87. The van der Waals surface area contributed by atoms with Crippen molar-refractivity contribution in [2.45, 2.75) is 5.60 Å². The van der Waals surface area contributed by atoms with Crippen LogP contribution in [0.5, 0.6) is 5.75 Å². The lowest BCUT2D eigenvalue weighted by molar-refractivity contribution is 0.159. The summed E-state index contributed by atoms with van der Waals surface area (Å²) < 4.78 is 8.98. The second-order valence-electron chi connectivity index (χ2n) is 5.92. The number of hydrogen-bond acceptors (Lipinski definition) is 1. The number of benzene rings is 3. The highest BCUT2D eigenvalue weighted by atomic mass is 127. The summed E-state index contributed by atoms with van der Waals surface area (Å²) in [6.45, 7) is 0. The number of rotatable bonds is 2. The Morgan fingerprint density at radius 2 is 1.19 bits per heavy atom. The highest BCUT2D eigenvalue weighted by Gasteiger charge is 2.44. The van der Waals surface area contributed by atoms with Gasteiger partial charge in [0.1, 0.15) is 5.75 Å². The maximum atomic E-state index is 6.70. The first kappa shape index (κ1) is 18.6. The van der Waals surface area contributed by atoms with Crippen molar-refractivity contribution in [1.29, 1.82) is 0 Å². The quantitative estimate of drug-likeness (QED) is 0.271. The molecule has 0 unspecified atom stereocenters. The van der Waals surface area contributed by atoms with E-state index in [4.69, 9.17) is 27.9 Å². The molecule has 5 heteroatoms. The molecular weight excluding hydrogens is 593 g/mol. The van der Waals surface area contributed by atoms with Gasteiger partial charge >= 0.3 is 0 Å². The molecule has 3 aromatic rings. The van der Waals surface area contributed by atoms with E-state index in [2.05, 4.69) is 51.2 Å². The Labute approximate surface area is 189 Å². The van der Waals surface area contributed by atoms with Gasteiger partial charge in [-0.3, -0.25) is 0 Å². The molecule has 4 rings (SSSR count). The van der Waals surface area contributed by atoms with Gasteiger partial charge in [-0.25, -0.2) is 0 Å². The largest absolute Gasteiger partial charge is 0.472 e. The van der Waals surface area contributed by atoms with Crippen LogP contribution >= 0.6 is 68.4 Å². The molecule has 1 aliphatic rings. The van der Waals surface area contributed by atoms with E-state index in [9.17, 15) is 0 Å². The number of ether oxygens (including phenoxy) is 1. The fourth-order valence-electron chi connectivity index (χ4n) is 3.13. The number of para-hydroxylation sites is 1. The molecule has 1 nitrogen and oxygen atoms in total. The van der Waals surface area contributed by atoms with Crippen molar-refractivity contribution in [2.24, 2.45) is 0 Å². The van der Waals surface area contributed by atoms with Crippen LogP contribution < -0.4 is 4.74 Å². The first-order valence-corrected chi connectivity index (χ1v) is 10.8. The summed E-state index contributed by atoms with van der Waals surface area (Å²) in [5.74, 6) is 0.863. The normalized spacial score (nSPS) is 15.4. The maximum absolute atomic E-state index is 6.70. The van der Waals surface area contributed by atoms with E-state index >= 15 is 0 Å². The monoisotopic (exact) mass is 604 g/mol. The molecule has 0 radical (unpaired) electrons. The van der Waals surface area contributed by atoms with Crippen molar-refractivity contribution in [2.75, 3.05) is 0 Å². The first-order chi connectivity index (χ1) is 12.5. The summed E-state index contributed by atoms with van der Waals surface area (Å²) >= 11 is 17.1. The third kappa shape index (κ3) is 3.07. The standard InChI is InChI=1S/C21H12Cl2I2O/c22-15-9-5-13(6-10-15)21(14-7-11-16(23)12-8-14)20(25)19(24)17-3-1-2-4-18(17)26-21/h1-12H. The van der Waals surface area contributed by atoms with Crippen molar-refractivity contribution >= 4 is 72.0 Å². The SMILES string of the molecule is Clc1ccc(C2(c3ccc(Cl)cc3)Oc3ccccc3C(I)=C2I)cc1. The lowest BCUT2D eigenvalue weighted by atomic mass is 9.83. The second kappa shape index (κ2) is 7.34. The minimum absolute atomic E-state index is 0.699. The van der Waals surface area contributed by atoms with E-state index in [1.807, 2.05) is 66.7 Å². The fraction of sp³-hybridized carbons (Fsp3) is 0.0476. The Bertz CT molecular complexity index is 950. The van der Waals surface area contributed by atoms with E-state index in [1.54, 1.807) is 0 Å². The lowest BCUT2D eigenvalue weighted by Gasteiger charge is -2.40. The van der Waals surface area contributed by atoms with Crippen molar-refractivity contribution in [3.63, 3.8) is 0 Å². The van der Waals surface area contributed by atoms with Crippen LogP contribution in [0, 0.1) is 0 Å². The molecule has 130 valence electrons. The van der Waals surface area contributed by atoms with Gasteiger partial charge in [0.25, 0.3) is 0 Å². The predicted molar refractivity (Wildman–Crippen MR) is 126 cm³/mol. The Morgan fingerprint density at radius 1 is 0.692 bits per heavy atom. The van der Waals surface area contributed by atoms with Crippen LogP contribution in [0.3, 0.4) is 0 Å². The van der Waals surface area contributed by atoms with Gasteiger partial charge in [-0.05, 0) is 75.5 Å². The van der Waals surface area contributed by atoms with Crippen molar-refractivity contribution < 1.29 is 4.74 Å². The first-order valence-electron chi connectivity index (χ1n) is 7.88. The fourth-order valence-corrected chi connectivity index (χ4v) is 5.23. The average molecular weight is 605 g/mol. The zero-order chi connectivity index (χ0) is 18.3. The third-order valence-corrected chi connectivity index (χ3v) is 8.35. The van der Waals surface area contributed by atoms with Crippen LogP contribution in [0.4, 0.5) is 0 Å². The van der Waals surface area contributed by atoms with Crippen LogP contribution in [-0.2, 0) is 5.60 Å². The third-order valence-electron chi connectivity index (χ3n) is 4.39. The smallest absolute Gasteiger partial charge is 0.191 e. The summed E-state index contributed by atoms with van der Waals surface area (Å²) in [7, 11) is 0. The lowest BCUT2D eigenvalue weighted by Crippen LogP contribution is -2.37. The molecule has 0 aliphatic carbocycles. The van der Waals surface area contributed by atoms with E-state index in [0.29, 0.717) is 10.0 Å². The molecule has 3 aromatic carbocycles. The Kier molecular flexibility index (Phi) is 5.25. The Hall–Kier alpha value is -0.760. The van der Waals surface area contributed by atoms with Gasteiger partial charge < -0.3 is 4.74 Å². The number of fused-ring (bicyclic) bond motifs is 1. The van der Waals surface area contributed by atoms with E-state index in [0.717, 1.165) is 26.0 Å². The van der Waals surface area contributed by atoms with E-state index < -0.39 is 5.60 Å². The van der Waals surface area contributed by atoms with Gasteiger partial charge in [0.05, 0.1) is 3.58 Å². The Balaban J connectivity index is 2.03. The molecule has 0 saturated heterocycles. The van der Waals surface area contributed by atoms with Gasteiger partial charge in [-0.2, -0.15) is 0 Å². The molecule has 26 heavy (non-hydrogen) atoms. The number of hydrogen-bond donors (Lipinski definition) is 0. The summed E-state index contributed by atoms with van der Waals surface area (Å²) in [6.07, 6.45) is 0. The highest BCUT2D eigenvalue weighted by Crippen LogP contribution is 2.54. The Morgan fingerprint density at radius 3 is 1.73 bits per heavy atom. The highest BCUT2D eigenvalue weighted by molar-refractivity contribution is 14.1. The molecule has 0 amide bonds. The molecule has 0 aromatic heterocycles. The molecule has 0 N–H and O–H groups in total. The molecule has 1 aliphatic heterocycles. The number of halogens is 4. The summed E-state index contributed by atoms with van der Waals surface area (Å²) in [4.78, 5) is 0. The van der Waals surface area contributed by atoms with Crippen LogP contribution in [0.2, 0.25) is 10.0 Å². The van der Waals surface area contributed by atoms with Crippen LogP contribution in [0.15, 0.2) is 76.4 Å². The van der Waals surface area contributed by atoms with Crippen LogP contribution in [0.25, 0.3) is 3.58 Å². The van der Waals surface area contributed by atoms with E-state index in [1.165, 1.54) is 3.58 Å². The summed E-state index contributed by atoms with van der Waals surface area (Å²) in [5.41, 5.74) is 2.42. The van der Waals surface area contributed by atoms with Gasteiger partial charge in [-0.1, -0.05) is 65.7 Å². The van der Waals surface area contributed by atoms with Crippen molar-refractivity contribution in [3.8, 4) is 5.75 Å². The minimum Gasteiger partial charge on any atom is -0.472 e. The topological polar surface area (TPSA) is 9.23 Å². The van der Waals surface area contributed by atoms with Crippen LogP contribution in [-0.4, -0.2) is 0 Å². The van der Waals surface area contributed by atoms with Crippen LogP contribution in [0.1, 0.15) is 16.7 Å².